The molecule has 1 rings (SSSR count). The number of carbonyl (C=O) groups excluding carboxylic acids is 1. The van der Waals surface area contributed by atoms with Crippen molar-refractivity contribution in [1.82, 2.24) is 4.72 Å². The zero-order valence-corrected chi connectivity index (χ0v) is 13.0. The number of sulfonamides is 1. The van der Waals surface area contributed by atoms with Gasteiger partial charge >= 0.3 is 6.09 Å². The summed E-state index contributed by atoms with van der Waals surface area (Å²) in [6.45, 7) is -0.575. The summed E-state index contributed by atoms with van der Waals surface area (Å²) in [6, 6.07) is 0.911. The number of halogens is 3. The molecule has 20 heavy (non-hydrogen) atoms. The Kier molecular flexibility index (Phi) is 5.57. The molecule has 11 heteroatoms. The predicted octanol–water partition coefficient (Wildman–Crippen LogP) is 1.20. The molecule has 7 nitrogen and oxygen atoms in total. The van der Waals surface area contributed by atoms with E-state index in [1.54, 1.807) is 0 Å². The first-order chi connectivity index (χ1) is 9.16. The van der Waals surface area contributed by atoms with Crippen molar-refractivity contribution in [1.29, 1.82) is 0 Å². The minimum absolute atomic E-state index is 0.0577. The second kappa shape index (κ2) is 6.57. The lowest BCUT2D eigenvalue weighted by molar-refractivity contribution is 0.159. The van der Waals surface area contributed by atoms with E-state index >= 15 is 0 Å². The van der Waals surface area contributed by atoms with Crippen LogP contribution in [0.15, 0.2) is 15.4 Å². The molecule has 1 aromatic rings. The van der Waals surface area contributed by atoms with Crippen molar-refractivity contribution in [3.05, 3.63) is 21.4 Å². The average Bonchev–Trinajstić information content (AvgIpc) is 2.36. The lowest BCUT2D eigenvalue weighted by Crippen LogP contribution is -2.30. The van der Waals surface area contributed by atoms with E-state index in [0.29, 0.717) is 0 Å². The van der Waals surface area contributed by atoms with E-state index < -0.39 is 32.5 Å². The SMILES string of the molecule is NC(=O)OCCNS(=O)(=O)c1cc(Cl)c(Br)c(N)c1F. The first-order valence-electron chi connectivity index (χ1n) is 5.01. The number of ether oxygens (including phenoxy) is 1. The smallest absolute Gasteiger partial charge is 0.404 e. The molecule has 0 aliphatic heterocycles. The lowest BCUT2D eigenvalue weighted by Gasteiger charge is -2.11. The van der Waals surface area contributed by atoms with Crippen molar-refractivity contribution in [3.8, 4) is 0 Å². The molecule has 0 fully saturated rings. The molecular formula is C9H10BrClFN3O4S. The van der Waals surface area contributed by atoms with Crippen LogP contribution in [-0.4, -0.2) is 27.7 Å². The normalized spacial score (nSPS) is 11.3. The van der Waals surface area contributed by atoms with Crippen molar-refractivity contribution < 1.29 is 22.3 Å². The number of rotatable bonds is 5. The Labute approximate surface area is 127 Å². The first kappa shape index (κ1) is 17.0. The Morgan fingerprint density at radius 1 is 1.55 bits per heavy atom. The average molecular weight is 391 g/mol. The van der Waals surface area contributed by atoms with Crippen LogP contribution in [0.2, 0.25) is 5.02 Å². The second-order valence-electron chi connectivity index (χ2n) is 3.46. The van der Waals surface area contributed by atoms with Crippen LogP contribution in [0.5, 0.6) is 0 Å². The first-order valence-corrected chi connectivity index (χ1v) is 7.67. The summed E-state index contributed by atoms with van der Waals surface area (Å²) >= 11 is 8.66. The van der Waals surface area contributed by atoms with Gasteiger partial charge in [-0.2, -0.15) is 0 Å². The summed E-state index contributed by atoms with van der Waals surface area (Å²) in [4.78, 5) is 9.59. The number of nitrogens with two attached hydrogens (primary N) is 2. The standard InChI is InChI=1S/C9H10BrClFN3O4S/c10-6-4(11)3-5(7(12)8(6)13)20(17,18)15-1-2-19-9(14)16/h3,15H,1-2,13H2,(H2,14,16). The largest absolute Gasteiger partial charge is 0.448 e. The van der Waals surface area contributed by atoms with Gasteiger partial charge in [0.2, 0.25) is 10.0 Å². The molecule has 0 spiro atoms. The molecule has 0 aromatic heterocycles. The number of nitrogens with one attached hydrogen (secondary N) is 1. The van der Waals surface area contributed by atoms with Gasteiger partial charge in [0.15, 0.2) is 5.82 Å². The van der Waals surface area contributed by atoms with E-state index in [4.69, 9.17) is 23.1 Å². The second-order valence-corrected chi connectivity index (χ2v) is 6.40. The van der Waals surface area contributed by atoms with E-state index in [9.17, 15) is 17.6 Å². The number of amides is 1. The number of anilines is 1. The Morgan fingerprint density at radius 3 is 2.70 bits per heavy atom. The van der Waals surface area contributed by atoms with E-state index in [1.165, 1.54) is 0 Å². The minimum Gasteiger partial charge on any atom is -0.448 e. The van der Waals surface area contributed by atoms with Gasteiger partial charge in [0.05, 0.1) is 15.2 Å². The highest BCUT2D eigenvalue weighted by Gasteiger charge is 2.23. The Bertz CT molecular complexity index is 641. The van der Waals surface area contributed by atoms with Gasteiger partial charge < -0.3 is 16.2 Å². The van der Waals surface area contributed by atoms with Crippen LogP contribution >= 0.6 is 27.5 Å². The van der Waals surface area contributed by atoms with Crippen LogP contribution in [0.1, 0.15) is 0 Å². The van der Waals surface area contributed by atoms with Crippen LogP contribution in [0, 0.1) is 5.82 Å². The van der Waals surface area contributed by atoms with E-state index in [0.717, 1.165) is 6.07 Å². The van der Waals surface area contributed by atoms with Gasteiger partial charge in [0.1, 0.15) is 11.5 Å². The van der Waals surface area contributed by atoms with Gasteiger partial charge in [-0.25, -0.2) is 22.3 Å². The van der Waals surface area contributed by atoms with Gasteiger partial charge in [0, 0.05) is 6.54 Å². The maximum absolute atomic E-state index is 13.8. The molecule has 0 heterocycles. The molecule has 0 aliphatic carbocycles. The maximum Gasteiger partial charge on any atom is 0.404 e. The molecule has 0 bridgehead atoms. The summed E-state index contributed by atoms with van der Waals surface area (Å²) in [5.74, 6) is -1.13. The maximum atomic E-state index is 13.8. The molecule has 5 N–H and O–H groups in total. The molecule has 0 unspecified atom stereocenters. The van der Waals surface area contributed by atoms with Crippen molar-refractivity contribution in [2.75, 3.05) is 18.9 Å². The fraction of sp³-hybridized carbons (Fsp3) is 0.222. The predicted molar refractivity (Wildman–Crippen MR) is 74.2 cm³/mol. The molecule has 0 saturated heterocycles. The molecule has 1 amide bonds. The number of hydrogen-bond acceptors (Lipinski definition) is 5. The van der Waals surface area contributed by atoms with Gasteiger partial charge in [-0.3, -0.25) is 0 Å². The van der Waals surface area contributed by atoms with Crippen LogP contribution in [0.25, 0.3) is 0 Å². The fourth-order valence-corrected chi connectivity index (χ4v) is 2.89. The Balaban J connectivity index is 2.96. The molecule has 112 valence electrons. The van der Waals surface area contributed by atoms with Crippen molar-refractivity contribution in [3.63, 3.8) is 0 Å². The number of primary amides is 1. The van der Waals surface area contributed by atoms with Gasteiger partial charge in [-0.05, 0) is 22.0 Å². The van der Waals surface area contributed by atoms with Gasteiger partial charge in [-0.15, -0.1) is 0 Å². The third kappa shape index (κ3) is 3.95. The summed E-state index contributed by atoms with van der Waals surface area (Å²) in [5.41, 5.74) is 9.66. The monoisotopic (exact) mass is 389 g/mol. The zero-order chi connectivity index (χ0) is 15.5. The highest BCUT2D eigenvalue weighted by molar-refractivity contribution is 9.10. The molecule has 1 aromatic carbocycles. The van der Waals surface area contributed by atoms with Crippen LogP contribution in [0.4, 0.5) is 14.9 Å². The molecule has 0 atom stereocenters. The highest BCUT2D eigenvalue weighted by atomic mass is 79.9. The van der Waals surface area contributed by atoms with Crippen molar-refractivity contribution >= 4 is 49.3 Å². The van der Waals surface area contributed by atoms with Crippen LogP contribution < -0.4 is 16.2 Å². The van der Waals surface area contributed by atoms with Crippen LogP contribution in [0.3, 0.4) is 0 Å². The van der Waals surface area contributed by atoms with Gasteiger partial charge in [-0.1, -0.05) is 11.6 Å². The fourth-order valence-electron chi connectivity index (χ4n) is 1.20. The van der Waals surface area contributed by atoms with Gasteiger partial charge in [0.25, 0.3) is 0 Å². The van der Waals surface area contributed by atoms with E-state index in [-0.39, 0.29) is 22.6 Å². The molecule has 0 saturated carbocycles. The minimum atomic E-state index is -4.19. The highest BCUT2D eigenvalue weighted by Crippen LogP contribution is 2.34. The third-order valence-corrected chi connectivity index (χ3v) is 4.93. The number of benzene rings is 1. The topological polar surface area (TPSA) is 125 Å². The number of nitrogen functional groups attached to an aromatic ring is 1. The van der Waals surface area contributed by atoms with E-state index in [2.05, 4.69) is 20.7 Å². The summed E-state index contributed by atoms with van der Waals surface area (Å²) in [7, 11) is -4.19. The Morgan fingerprint density at radius 2 is 2.15 bits per heavy atom. The summed E-state index contributed by atoms with van der Waals surface area (Å²) in [5, 5.41) is -0.0577. The Hall–Kier alpha value is -1.10. The number of carbonyl (C=O) groups is 1. The third-order valence-electron chi connectivity index (χ3n) is 2.08. The van der Waals surface area contributed by atoms with E-state index in [1.807, 2.05) is 4.72 Å². The molecular weight excluding hydrogens is 381 g/mol. The number of hydrogen-bond donors (Lipinski definition) is 3. The quantitative estimate of drug-likeness (QED) is 0.396. The summed E-state index contributed by atoms with van der Waals surface area (Å²) < 4.78 is 44.0. The lowest BCUT2D eigenvalue weighted by atomic mass is 10.3. The van der Waals surface area contributed by atoms with Crippen molar-refractivity contribution in [2.45, 2.75) is 4.90 Å². The summed E-state index contributed by atoms with van der Waals surface area (Å²) in [6.07, 6.45) is -1.05. The zero-order valence-electron chi connectivity index (χ0n) is 9.82. The van der Waals surface area contributed by atoms with Crippen molar-refractivity contribution in [2.24, 2.45) is 5.73 Å². The molecule has 0 radical (unpaired) electrons. The van der Waals surface area contributed by atoms with Crippen LogP contribution in [-0.2, 0) is 14.8 Å². The molecule has 0 aliphatic rings.